The molecule has 1 atom stereocenters. The Morgan fingerprint density at radius 3 is 3.00 bits per heavy atom. The van der Waals surface area contributed by atoms with Crippen molar-refractivity contribution in [2.24, 2.45) is 0 Å². The Bertz CT molecular complexity index is 556. The van der Waals surface area contributed by atoms with Crippen LogP contribution >= 0.6 is 0 Å². The molecule has 1 aromatic heterocycles. The smallest absolute Gasteiger partial charge is 0.142 e. The molecule has 0 amide bonds. The summed E-state index contributed by atoms with van der Waals surface area (Å²) < 4.78 is 11.0. The summed E-state index contributed by atoms with van der Waals surface area (Å²) in [6, 6.07) is 6.40. The van der Waals surface area contributed by atoms with E-state index in [-0.39, 0.29) is 6.04 Å². The third-order valence-electron chi connectivity index (χ3n) is 3.52. The number of rotatable bonds is 2. The van der Waals surface area contributed by atoms with Crippen LogP contribution in [-0.4, -0.2) is 31.9 Å². The summed E-state index contributed by atoms with van der Waals surface area (Å²) in [5.74, 6) is 0.888. The number of methoxy groups -OCH3 is 1. The molecule has 2 N–H and O–H groups in total. The first-order valence-corrected chi connectivity index (χ1v) is 6.27. The molecule has 0 radical (unpaired) electrons. The van der Waals surface area contributed by atoms with Crippen molar-refractivity contribution in [1.29, 1.82) is 0 Å². The first-order chi connectivity index (χ1) is 8.81. The van der Waals surface area contributed by atoms with Gasteiger partial charge in [0.1, 0.15) is 5.75 Å². The van der Waals surface area contributed by atoms with Crippen molar-refractivity contribution < 1.29 is 9.47 Å². The van der Waals surface area contributed by atoms with Gasteiger partial charge in [-0.25, -0.2) is 0 Å². The Kier molecular flexibility index (Phi) is 2.97. The Labute approximate surface area is 106 Å². The maximum atomic E-state index is 5.56. The fraction of sp³-hybridized carbons (Fsp3) is 0.429. The third-order valence-corrected chi connectivity index (χ3v) is 3.52. The predicted molar refractivity (Wildman–Crippen MR) is 71.2 cm³/mol. The molecule has 96 valence electrons. The Balaban J connectivity index is 2.13. The van der Waals surface area contributed by atoms with Crippen molar-refractivity contribution in [2.45, 2.75) is 13.0 Å². The van der Waals surface area contributed by atoms with Crippen molar-refractivity contribution in [3.05, 3.63) is 29.5 Å². The topological polar surface area (TPSA) is 46.3 Å². The van der Waals surface area contributed by atoms with Gasteiger partial charge in [0.25, 0.3) is 0 Å². The molecule has 18 heavy (non-hydrogen) atoms. The van der Waals surface area contributed by atoms with Gasteiger partial charge in [-0.05, 0) is 18.6 Å². The van der Waals surface area contributed by atoms with Gasteiger partial charge in [-0.3, -0.25) is 0 Å². The zero-order valence-corrected chi connectivity index (χ0v) is 10.7. The lowest BCUT2D eigenvalue weighted by atomic mass is 10.0. The molecule has 1 aliphatic heterocycles. The van der Waals surface area contributed by atoms with E-state index in [1.165, 1.54) is 16.6 Å². The number of aryl methyl sites for hydroxylation is 1. The molecule has 0 bridgehead atoms. The number of para-hydroxylation sites is 1. The highest BCUT2D eigenvalue weighted by Gasteiger charge is 2.22. The van der Waals surface area contributed by atoms with Gasteiger partial charge in [-0.15, -0.1) is 0 Å². The van der Waals surface area contributed by atoms with E-state index in [9.17, 15) is 0 Å². The number of aromatic nitrogens is 1. The largest absolute Gasteiger partial charge is 0.495 e. The van der Waals surface area contributed by atoms with Gasteiger partial charge >= 0.3 is 0 Å². The third kappa shape index (κ3) is 1.78. The van der Waals surface area contributed by atoms with Crippen LogP contribution in [-0.2, 0) is 4.74 Å². The number of morpholine rings is 1. The second-order valence-corrected chi connectivity index (χ2v) is 4.63. The van der Waals surface area contributed by atoms with E-state index in [0.717, 1.165) is 31.0 Å². The van der Waals surface area contributed by atoms with Gasteiger partial charge in [0.2, 0.25) is 0 Å². The molecule has 3 rings (SSSR count). The lowest BCUT2D eigenvalue weighted by molar-refractivity contribution is 0.0771. The zero-order chi connectivity index (χ0) is 12.5. The van der Waals surface area contributed by atoms with Gasteiger partial charge in [0.05, 0.1) is 31.9 Å². The number of nitrogens with one attached hydrogen (secondary N) is 2. The molecule has 0 spiro atoms. The quantitative estimate of drug-likeness (QED) is 0.853. The van der Waals surface area contributed by atoms with Crippen molar-refractivity contribution in [3.63, 3.8) is 0 Å². The van der Waals surface area contributed by atoms with Crippen molar-refractivity contribution in [2.75, 3.05) is 26.9 Å². The average Bonchev–Trinajstić information content (AvgIpc) is 2.75. The Morgan fingerprint density at radius 2 is 2.28 bits per heavy atom. The number of hydrogen-bond acceptors (Lipinski definition) is 3. The number of benzene rings is 1. The molecule has 1 saturated heterocycles. The number of aromatic amines is 1. The minimum Gasteiger partial charge on any atom is -0.495 e. The van der Waals surface area contributed by atoms with Crippen LogP contribution in [0.1, 0.15) is 17.3 Å². The van der Waals surface area contributed by atoms with Gasteiger partial charge < -0.3 is 19.8 Å². The maximum absolute atomic E-state index is 5.56. The minimum atomic E-state index is 0.264. The SMILES string of the molecule is COc1cccc2c(C3COCCN3)c(C)[nH]c12. The summed E-state index contributed by atoms with van der Waals surface area (Å²) in [4.78, 5) is 3.42. The molecular formula is C14H18N2O2. The highest BCUT2D eigenvalue weighted by Crippen LogP contribution is 2.33. The van der Waals surface area contributed by atoms with E-state index >= 15 is 0 Å². The normalized spacial score (nSPS) is 20.2. The number of ether oxygens (including phenoxy) is 2. The van der Waals surface area contributed by atoms with Crippen LogP contribution in [0.15, 0.2) is 18.2 Å². The maximum Gasteiger partial charge on any atom is 0.142 e. The van der Waals surface area contributed by atoms with Crippen molar-refractivity contribution in [3.8, 4) is 5.75 Å². The van der Waals surface area contributed by atoms with Crippen LogP contribution in [0.5, 0.6) is 5.75 Å². The molecular weight excluding hydrogens is 228 g/mol. The molecule has 0 saturated carbocycles. The van der Waals surface area contributed by atoms with Crippen LogP contribution in [0.4, 0.5) is 0 Å². The first-order valence-electron chi connectivity index (χ1n) is 6.27. The standard InChI is InChI=1S/C14H18N2O2/c1-9-13(11-8-18-7-6-15-11)10-4-3-5-12(17-2)14(10)16-9/h3-5,11,15-16H,6-8H2,1-2H3. The van der Waals surface area contributed by atoms with E-state index in [1.54, 1.807) is 7.11 Å². The molecule has 4 heteroatoms. The number of hydrogen-bond donors (Lipinski definition) is 2. The van der Waals surface area contributed by atoms with Gasteiger partial charge in [0.15, 0.2) is 0 Å². The number of H-pyrrole nitrogens is 1. The highest BCUT2D eigenvalue weighted by atomic mass is 16.5. The molecule has 1 aliphatic rings. The first kappa shape index (κ1) is 11.6. The second-order valence-electron chi connectivity index (χ2n) is 4.63. The average molecular weight is 246 g/mol. The van der Waals surface area contributed by atoms with E-state index in [0.29, 0.717) is 0 Å². The second kappa shape index (κ2) is 4.63. The fourth-order valence-electron chi connectivity index (χ4n) is 2.71. The molecule has 0 aliphatic carbocycles. The van der Waals surface area contributed by atoms with E-state index in [4.69, 9.17) is 9.47 Å². The summed E-state index contributed by atoms with van der Waals surface area (Å²) in [5, 5.41) is 4.72. The van der Waals surface area contributed by atoms with Crippen molar-refractivity contribution >= 4 is 10.9 Å². The summed E-state index contributed by atoms with van der Waals surface area (Å²) in [6.07, 6.45) is 0. The van der Waals surface area contributed by atoms with E-state index in [2.05, 4.69) is 23.3 Å². The Morgan fingerprint density at radius 1 is 1.39 bits per heavy atom. The van der Waals surface area contributed by atoms with E-state index in [1.807, 2.05) is 12.1 Å². The van der Waals surface area contributed by atoms with Crippen LogP contribution in [0.25, 0.3) is 10.9 Å². The molecule has 1 aromatic carbocycles. The van der Waals surface area contributed by atoms with Crippen LogP contribution in [0.3, 0.4) is 0 Å². The predicted octanol–water partition coefficient (Wildman–Crippen LogP) is 2.15. The van der Waals surface area contributed by atoms with Crippen molar-refractivity contribution in [1.82, 2.24) is 10.3 Å². The summed E-state index contributed by atoms with van der Waals surface area (Å²) in [7, 11) is 1.70. The molecule has 1 unspecified atom stereocenters. The lowest BCUT2D eigenvalue weighted by Gasteiger charge is -2.24. The van der Waals surface area contributed by atoms with E-state index < -0.39 is 0 Å². The lowest BCUT2D eigenvalue weighted by Crippen LogP contribution is -2.34. The van der Waals surface area contributed by atoms with Crippen LogP contribution in [0.2, 0.25) is 0 Å². The Hall–Kier alpha value is -1.52. The van der Waals surface area contributed by atoms with Crippen LogP contribution in [0, 0.1) is 6.92 Å². The minimum absolute atomic E-state index is 0.264. The summed E-state index contributed by atoms with van der Waals surface area (Å²) >= 11 is 0. The number of fused-ring (bicyclic) bond motifs is 1. The fourth-order valence-corrected chi connectivity index (χ4v) is 2.71. The molecule has 2 aromatic rings. The molecule has 4 nitrogen and oxygen atoms in total. The summed E-state index contributed by atoms with van der Waals surface area (Å²) in [5.41, 5.74) is 3.54. The van der Waals surface area contributed by atoms with Crippen LogP contribution < -0.4 is 10.1 Å². The van der Waals surface area contributed by atoms with Gasteiger partial charge in [-0.1, -0.05) is 12.1 Å². The van der Waals surface area contributed by atoms with Gasteiger partial charge in [-0.2, -0.15) is 0 Å². The van der Waals surface area contributed by atoms with Gasteiger partial charge in [0, 0.05) is 17.6 Å². The molecule has 2 heterocycles. The highest BCUT2D eigenvalue weighted by molar-refractivity contribution is 5.90. The zero-order valence-electron chi connectivity index (χ0n) is 10.7. The summed E-state index contributed by atoms with van der Waals surface area (Å²) in [6.45, 7) is 4.53. The molecule has 1 fully saturated rings. The monoisotopic (exact) mass is 246 g/mol.